The molecule has 0 saturated heterocycles. The molecule has 0 fully saturated rings. The summed E-state index contributed by atoms with van der Waals surface area (Å²) < 4.78 is 11.4. The van der Waals surface area contributed by atoms with Crippen LogP contribution in [0.2, 0.25) is 10.0 Å². The van der Waals surface area contributed by atoms with E-state index >= 15 is 0 Å². The third kappa shape index (κ3) is 2.41. The molecule has 0 aliphatic carbocycles. The van der Waals surface area contributed by atoms with Gasteiger partial charge in [-0.2, -0.15) is 0 Å². The monoisotopic (exact) mass is 363 g/mol. The molecule has 2 aromatic carbocycles. The van der Waals surface area contributed by atoms with E-state index in [9.17, 15) is 9.59 Å². The maximum atomic E-state index is 12.5. The van der Waals surface area contributed by atoms with Crippen LogP contribution in [0.15, 0.2) is 36.4 Å². The number of amides is 2. The summed E-state index contributed by atoms with van der Waals surface area (Å²) in [6.45, 7) is 0.349. The Morgan fingerprint density at radius 1 is 1.00 bits per heavy atom. The predicted octanol–water partition coefficient (Wildman–Crippen LogP) is 3.43. The Balaban J connectivity index is 1.56. The molecular weight excluding hydrogens is 353 g/mol. The van der Waals surface area contributed by atoms with Crippen molar-refractivity contribution in [2.75, 3.05) is 13.2 Å². The summed E-state index contributed by atoms with van der Waals surface area (Å²) in [5.74, 6) is 0.429. The average molecular weight is 364 g/mol. The van der Waals surface area contributed by atoms with Crippen LogP contribution in [0.5, 0.6) is 11.5 Å². The molecule has 0 radical (unpaired) electrons. The first-order valence-corrected chi connectivity index (χ1v) is 8.04. The molecule has 2 amide bonds. The summed E-state index contributed by atoms with van der Waals surface area (Å²) in [5.41, 5.74) is 0.512. The molecular formula is C17H11Cl2NO4. The summed E-state index contributed by atoms with van der Waals surface area (Å²) in [4.78, 5) is 26.1. The lowest BCUT2D eigenvalue weighted by Crippen LogP contribution is -2.43. The molecule has 5 nitrogen and oxygen atoms in total. The minimum absolute atomic E-state index is 0.0932. The van der Waals surface area contributed by atoms with E-state index < -0.39 is 17.9 Å². The van der Waals surface area contributed by atoms with E-state index in [1.165, 1.54) is 12.1 Å². The molecule has 122 valence electrons. The lowest BCUT2D eigenvalue weighted by Gasteiger charge is -2.28. The number of imide groups is 1. The molecule has 0 bridgehead atoms. The highest BCUT2D eigenvalue weighted by molar-refractivity contribution is 6.43. The van der Waals surface area contributed by atoms with Gasteiger partial charge in [0.25, 0.3) is 11.8 Å². The fourth-order valence-electron chi connectivity index (χ4n) is 2.81. The summed E-state index contributed by atoms with van der Waals surface area (Å²) >= 11 is 11.9. The second-order valence-electron chi connectivity index (χ2n) is 5.53. The zero-order valence-corrected chi connectivity index (χ0v) is 13.8. The molecule has 24 heavy (non-hydrogen) atoms. The molecule has 0 unspecified atom stereocenters. The second kappa shape index (κ2) is 5.69. The van der Waals surface area contributed by atoms with E-state index in [0.29, 0.717) is 11.5 Å². The SMILES string of the molecule is O=C1c2cc(Cl)c(Cl)cc2C(=O)N1C[C@@H]1COc2ccccc2O1. The van der Waals surface area contributed by atoms with E-state index in [2.05, 4.69) is 0 Å². The van der Waals surface area contributed by atoms with Crippen molar-refractivity contribution in [1.82, 2.24) is 4.90 Å². The number of benzene rings is 2. The largest absolute Gasteiger partial charge is 0.486 e. The number of hydrogen-bond acceptors (Lipinski definition) is 4. The van der Waals surface area contributed by atoms with E-state index in [0.717, 1.165) is 4.90 Å². The Hall–Kier alpha value is -2.24. The highest BCUT2D eigenvalue weighted by Crippen LogP contribution is 2.34. The minimum atomic E-state index is -0.437. The van der Waals surface area contributed by atoms with Gasteiger partial charge in [0, 0.05) is 0 Å². The van der Waals surface area contributed by atoms with Crippen molar-refractivity contribution in [2.24, 2.45) is 0 Å². The Morgan fingerprint density at radius 3 is 2.21 bits per heavy atom. The van der Waals surface area contributed by atoms with Crippen LogP contribution in [0, 0.1) is 0 Å². The third-order valence-corrected chi connectivity index (χ3v) is 4.69. The molecule has 0 N–H and O–H groups in total. The zero-order chi connectivity index (χ0) is 16.8. The van der Waals surface area contributed by atoms with Gasteiger partial charge in [-0.05, 0) is 24.3 Å². The number of halogens is 2. The van der Waals surface area contributed by atoms with Gasteiger partial charge in [0.15, 0.2) is 17.6 Å². The van der Waals surface area contributed by atoms with Crippen LogP contribution in [-0.4, -0.2) is 36.0 Å². The van der Waals surface area contributed by atoms with Gasteiger partial charge in [0.1, 0.15) is 6.61 Å². The summed E-state index contributed by atoms with van der Waals surface area (Å²) in [7, 11) is 0. The van der Waals surface area contributed by atoms with E-state index in [1.807, 2.05) is 12.1 Å². The predicted molar refractivity (Wildman–Crippen MR) is 88.2 cm³/mol. The summed E-state index contributed by atoms with van der Waals surface area (Å²) in [6, 6.07) is 10.1. The van der Waals surface area contributed by atoms with Gasteiger partial charge < -0.3 is 9.47 Å². The summed E-state index contributed by atoms with van der Waals surface area (Å²) in [6.07, 6.45) is -0.437. The van der Waals surface area contributed by atoms with Crippen LogP contribution >= 0.6 is 23.2 Å². The minimum Gasteiger partial charge on any atom is -0.486 e. The first-order valence-electron chi connectivity index (χ1n) is 7.28. The second-order valence-corrected chi connectivity index (χ2v) is 6.34. The van der Waals surface area contributed by atoms with Crippen LogP contribution in [0.3, 0.4) is 0 Å². The van der Waals surface area contributed by atoms with E-state index in [1.54, 1.807) is 12.1 Å². The van der Waals surface area contributed by atoms with Crippen LogP contribution in [0.25, 0.3) is 0 Å². The Kier molecular flexibility index (Phi) is 3.62. The standard InChI is InChI=1S/C17H11Cl2NO4/c18-12-5-10-11(6-13(12)19)17(22)20(16(10)21)7-9-8-23-14-3-1-2-4-15(14)24-9/h1-6,9H,7-8H2/t9-/m1/s1. The van der Waals surface area contributed by atoms with Gasteiger partial charge >= 0.3 is 0 Å². The first kappa shape index (κ1) is 15.3. The number of ether oxygens (including phenoxy) is 2. The maximum absolute atomic E-state index is 12.5. The molecule has 2 aliphatic rings. The van der Waals surface area contributed by atoms with Crippen molar-refractivity contribution in [1.29, 1.82) is 0 Å². The number of carbonyl (C=O) groups is 2. The lowest BCUT2D eigenvalue weighted by atomic mass is 10.1. The van der Waals surface area contributed by atoms with Crippen molar-refractivity contribution < 1.29 is 19.1 Å². The van der Waals surface area contributed by atoms with Gasteiger partial charge in [0.2, 0.25) is 0 Å². The van der Waals surface area contributed by atoms with Crippen molar-refractivity contribution in [3.8, 4) is 11.5 Å². The quantitative estimate of drug-likeness (QED) is 0.767. The van der Waals surface area contributed by atoms with Crippen molar-refractivity contribution >= 4 is 35.0 Å². The van der Waals surface area contributed by atoms with Gasteiger partial charge in [-0.25, -0.2) is 0 Å². The van der Waals surface area contributed by atoms with Gasteiger partial charge in [-0.3, -0.25) is 14.5 Å². The number of fused-ring (bicyclic) bond motifs is 2. The lowest BCUT2D eigenvalue weighted by molar-refractivity contribution is 0.0430. The number of rotatable bonds is 2. The number of para-hydroxylation sites is 2. The summed E-state index contributed by atoms with van der Waals surface area (Å²) in [5, 5.41) is 0.481. The third-order valence-electron chi connectivity index (χ3n) is 3.97. The number of hydrogen-bond donors (Lipinski definition) is 0. The Labute approximate surface area is 147 Å². The van der Waals surface area contributed by atoms with Crippen LogP contribution < -0.4 is 9.47 Å². The molecule has 7 heteroatoms. The van der Waals surface area contributed by atoms with Gasteiger partial charge in [-0.1, -0.05) is 35.3 Å². The molecule has 4 rings (SSSR count). The maximum Gasteiger partial charge on any atom is 0.261 e. The van der Waals surface area contributed by atoms with Crippen molar-refractivity contribution in [3.63, 3.8) is 0 Å². The normalized spacial score (nSPS) is 18.8. The van der Waals surface area contributed by atoms with Gasteiger partial charge in [0.05, 0.1) is 27.7 Å². The molecule has 2 aliphatic heterocycles. The smallest absolute Gasteiger partial charge is 0.261 e. The van der Waals surface area contributed by atoms with Crippen LogP contribution in [0.1, 0.15) is 20.7 Å². The number of nitrogens with zero attached hydrogens (tertiary/aromatic N) is 1. The fourth-order valence-corrected chi connectivity index (χ4v) is 3.13. The zero-order valence-electron chi connectivity index (χ0n) is 12.3. The highest BCUT2D eigenvalue weighted by atomic mass is 35.5. The molecule has 0 saturated carbocycles. The topological polar surface area (TPSA) is 55.8 Å². The Morgan fingerprint density at radius 2 is 1.58 bits per heavy atom. The average Bonchev–Trinajstić information content (AvgIpc) is 2.80. The molecule has 2 aromatic rings. The van der Waals surface area contributed by atoms with Crippen molar-refractivity contribution in [2.45, 2.75) is 6.10 Å². The first-order chi connectivity index (χ1) is 11.5. The van der Waals surface area contributed by atoms with E-state index in [4.69, 9.17) is 32.7 Å². The highest BCUT2D eigenvalue weighted by Gasteiger charge is 2.38. The van der Waals surface area contributed by atoms with Crippen LogP contribution in [-0.2, 0) is 0 Å². The van der Waals surface area contributed by atoms with E-state index in [-0.39, 0.29) is 34.3 Å². The van der Waals surface area contributed by atoms with Crippen LogP contribution in [0.4, 0.5) is 0 Å². The molecule has 1 atom stereocenters. The van der Waals surface area contributed by atoms with Gasteiger partial charge in [-0.15, -0.1) is 0 Å². The molecule has 0 spiro atoms. The fraction of sp³-hybridized carbons (Fsp3) is 0.176. The number of carbonyl (C=O) groups excluding carboxylic acids is 2. The molecule has 2 heterocycles. The Bertz CT molecular complexity index is 827. The molecule has 0 aromatic heterocycles. The van der Waals surface area contributed by atoms with Crippen molar-refractivity contribution in [3.05, 3.63) is 57.6 Å².